The first-order valence-corrected chi connectivity index (χ1v) is 6.59. The Balaban J connectivity index is 2.25. The van der Waals surface area contributed by atoms with Crippen LogP contribution in [0.25, 0.3) is 0 Å². The Bertz CT molecular complexity index is 249. The van der Waals surface area contributed by atoms with Gasteiger partial charge < -0.3 is 19.5 Å². The van der Waals surface area contributed by atoms with Gasteiger partial charge in [-0.15, -0.1) is 0 Å². The van der Waals surface area contributed by atoms with Gasteiger partial charge >= 0.3 is 5.97 Å². The molecule has 5 heteroatoms. The first-order chi connectivity index (χ1) is 8.56. The number of hydrogen-bond acceptors (Lipinski definition) is 5. The molecule has 1 rings (SSSR count). The molecule has 1 N–H and O–H groups in total. The Hall–Kier alpha value is -0.650. The number of carbonyl (C=O) groups is 1. The normalized spacial score (nSPS) is 29.9. The van der Waals surface area contributed by atoms with Gasteiger partial charge in [-0.3, -0.25) is 4.79 Å². The highest BCUT2D eigenvalue weighted by atomic mass is 16.5. The number of ether oxygens (including phenoxy) is 3. The molecule has 1 fully saturated rings. The van der Waals surface area contributed by atoms with Crippen LogP contribution in [0, 0.1) is 0 Å². The van der Waals surface area contributed by atoms with E-state index in [2.05, 4.69) is 19.2 Å². The zero-order valence-corrected chi connectivity index (χ0v) is 11.8. The summed E-state index contributed by atoms with van der Waals surface area (Å²) in [7, 11) is 3.15. The van der Waals surface area contributed by atoms with Gasteiger partial charge in [0.2, 0.25) is 0 Å². The Morgan fingerprint density at radius 1 is 1.39 bits per heavy atom. The molecule has 3 atom stereocenters. The largest absolute Gasteiger partial charge is 0.468 e. The van der Waals surface area contributed by atoms with E-state index in [1.807, 2.05) is 0 Å². The fraction of sp³-hybridized carbons (Fsp3) is 0.923. The van der Waals surface area contributed by atoms with Gasteiger partial charge in [0.25, 0.3) is 0 Å². The second-order valence-electron chi connectivity index (χ2n) is 4.87. The van der Waals surface area contributed by atoms with Gasteiger partial charge in [0.15, 0.2) is 0 Å². The molecule has 0 spiro atoms. The third kappa shape index (κ3) is 4.92. The molecule has 0 radical (unpaired) electrons. The number of rotatable bonds is 6. The molecule has 0 aliphatic carbocycles. The zero-order valence-electron chi connectivity index (χ0n) is 11.8. The fourth-order valence-corrected chi connectivity index (χ4v) is 2.36. The van der Waals surface area contributed by atoms with Crippen LogP contribution < -0.4 is 5.32 Å². The Morgan fingerprint density at radius 2 is 2.00 bits per heavy atom. The van der Waals surface area contributed by atoms with E-state index < -0.39 is 0 Å². The third-order valence-corrected chi connectivity index (χ3v) is 3.25. The van der Waals surface area contributed by atoms with Crippen molar-refractivity contribution in [1.29, 1.82) is 0 Å². The lowest BCUT2D eigenvalue weighted by atomic mass is 10.0. The molecule has 18 heavy (non-hydrogen) atoms. The first kappa shape index (κ1) is 15.4. The molecule has 5 nitrogen and oxygen atoms in total. The predicted molar refractivity (Wildman–Crippen MR) is 68.5 cm³/mol. The summed E-state index contributed by atoms with van der Waals surface area (Å²) in [6, 6.07) is -0.287. The lowest BCUT2D eigenvalue weighted by molar-refractivity contribution is -0.144. The van der Waals surface area contributed by atoms with Crippen LogP contribution in [0.1, 0.15) is 33.1 Å². The van der Waals surface area contributed by atoms with Crippen LogP contribution in [0.15, 0.2) is 0 Å². The molecule has 0 amide bonds. The maximum Gasteiger partial charge on any atom is 0.322 e. The average Bonchev–Trinajstić information content (AvgIpc) is 2.32. The molecule has 3 unspecified atom stereocenters. The van der Waals surface area contributed by atoms with E-state index in [1.165, 1.54) is 7.11 Å². The van der Waals surface area contributed by atoms with Gasteiger partial charge in [-0.05, 0) is 40.2 Å². The monoisotopic (exact) mass is 259 g/mol. The lowest BCUT2D eigenvalue weighted by Gasteiger charge is -2.32. The van der Waals surface area contributed by atoms with E-state index in [4.69, 9.17) is 14.2 Å². The van der Waals surface area contributed by atoms with Crippen molar-refractivity contribution in [2.75, 3.05) is 20.8 Å². The molecule has 0 aromatic carbocycles. The third-order valence-electron chi connectivity index (χ3n) is 3.25. The summed E-state index contributed by atoms with van der Waals surface area (Å²) in [5.41, 5.74) is 0. The second kappa shape index (κ2) is 7.71. The number of methoxy groups -OCH3 is 1. The van der Waals surface area contributed by atoms with Crippen LogP contribution in [-0.4, -0.2) is 51.1 Å². The van der Waals surface area contributed by atoms with Crippen molar-refractivity contribution in [3.8, 4) is 0 Å². The summed E-state index contributed by atoms with van der Waals surface area (Å²) in [5.74, 6) is -0.241. The van der Waals surface area contributed by atoms with E-state index in [9.17, 15) is 4.79 Å². The first-order valence-electron chi connectivity index (χ1n) is 6.59. The molecule has 0 aromatic heterocycles. The molecule has 1 saturated heterocycles. The summed E-state index contributed by atoms with van der Waals surface area (Å²) in [5, 5.41) is 2.93. The lowest BCUT2D eigenvalue weighted by Crippen LogP contribution is -2.38. The van der Waals surface area contributed by atoms with E-state index in [0.29, 0.717) is 13.0 Å². The molecule has 1 heterocycles. The van der Waals surface area contributed by atoms with Crippen LogP contribution in [0.3, 0.4) is 0 Å². The van der Waals surface area contributed by atoms with Crippen molar-refractivity contribution in [2.24, 2.45) is 0 Å². The van der Waals surface area contributed by atoms with E-state index >= 15 is 0 Å². The van der Waals surface area contributed by atoms with Crippen molar-refractivity contribution in [1.82, 2.24) is 5.32 Å². The molecule has 1 aliphatic heterocycles. The molecular weight excluding hydrogens is 234 g/mol. The van der Waals surface area contributed by atoms with Gasteiger partial charge in [0.1, 0.15) is 6.04 Å². The predicted octanol–water partition coefficient (Wildman–Crippen LogP) is 1.11. The number of carbonyl (C=O) groups excluding carboxylic acids is 1. The fourth-order valence-electron chi connectivity index (χ4n) is 2.36. The van der Waals surface area contributed by atoms with E-state index in [0.717, 1.165) is 12.8 Å². The van der Waals surface area contributed by atoms with Crippen LogP contribution in [0.5, 0.6) is 0 Å². The van der Waals surface area contributed by atoms with E-state index in [-0.39, 0.29) is 30.3 Å². The second-order valence-corrected chi connectivity index (χ2v) is 4.87. The summed E-state index contributed by atoms with van der Waals surface area (Å²) < 4.78 is 16.2. The molecule has 0 bridgehead atoms. The number of hydrogen-bond donors (Lipinski definition) is 1. The molecule has 106 valence electrons. The van der Waals surface area contributed by atoms with Crippen molar-refractivity contribution in [3.05, 3.63) is 0 Å². The Labute approximate surface area is 109 Å². The number of likely N-dealkylation sites (N-methyl/N-ethyl adjacent to an activating group) is 1. The zero-order chi connectivity index (χ0) is 13.5. The number of esters is 1. The quantitative estimate of drug-likeness (QED) is 0.724. The maximum absolute atomic E-state index is 11.4. The number of nitrogens with one attached hydrogen (secondary N) is 1. The molecule has 1 aliphatic rings. The highest BCUT2D eigenvalue weighted by Gasteiger charge is 2.25. The Kier molecular flexibility index (Phi) is 6.60. The van der Waals surface area contributed by atoms with Gasteiger partial charge in [0, 0.05) is 6.61 Å². The molecular formula is C13H25NO4. The van der Waals surface area contributed by atoms with Gasteiger partial charge in [-0.1, -0.05) is 0 Å². The smallest absolute Gasteiger partial charge is 0.322 e. The minimum atomic E-state index is -0.287. The summed E-state index contributed by atoms with van der Waals surface area (Å²) >= 11 is 0. The van der Waals surface area contributed by atoms with Crippen LogP contribution in [0.4, 0.5) is 0 Å². The Morgan fingerprint density at radius 3 is 2.50 bits per heavy atom. The summed E-state index contributed by atoms with van der Waals surface area (Å²) in [6.07, 6.45) is 3.21. The highest BCUT2D eigenvalue weighted by molar-refractivity contribution is 5.75. The van der Waals surface area contributed by atoms with Crippen molar-refractivity contribution < 1.29 is 19.0 Å². The van der Waals surface area contributed by atoms with Crippen molar-refractivity contribution in [3.63, 3.8) is 0 Å². The average molecular weight is 259 g/mol. The van der Waals surface area contributed by atoms with Gasteiger partial charge in [0.05, 0.1) is 25.4 Å². The van der Waals surface area contributed by atoms with Crippen LogP contribution in [-0.2, 0) is 19.0 Å². The van der Waals surface area contributed by atoms with Crippen molar-refractivity contribution >= 4 is 5.97 Å². The van der Waals surface area contributed by atoms with E-state index in [1.54, 1.807) is 7.05 Å². The molecule has 0 saturated carbocycles. The highest BCUT2D eigenvalue weighted by Crippen LogP contribution is 2.21. The minimum absolute atomic E-state index is 0.235. The topological polar surface area (TPSA) is 56.8 Å². The maximum atomic E-state index is 11.4. The van der Waals surface area contributed by atoms with Gasteiger partial charge in [-0.2, -0.15) is 0 Å². The summed E-state index contributed by atoms with van der Waals surface area (Å²) in [6.45, 7) is 4.69. The van der Waals surface area contributed by atoms with Crippen LogP contribution >= 0.6 is 0 Å². The minimum Gasteiger partial charge on any atom is -0.468 e. The summed E-state index contributed by atoms with van der Waals surface area (Å²) in [4.78, 5) is 11.4. The standard InChI is InChI=1S/C13H25NO4/c1-9-7-11(8-10(2)18-9)17-6-5-12(14-3)13(15)16-4/h9-12,14H,5-8H2,1-4H3. The van der Waals surface area contributed by atoms with Gasteiger partial charge in [-0.25, -0.2) is 0 Å². The van der Waals surface area contributed by atoms with Crippen molar-refractivity contribution in [2.45, 2.75) is 57.5 Å². The SMILES string of the molecule is CNC(CCOC1CC(C)OC(C)C1)C(=O)OC. The molecule has 0 aromatic rings. The van der Waals surface area contributed by atoms with Crippen LogP contribution in [0.2, 0.25) is 0 Å².